The normalized spacial score (nSPS) is 12.4. The van der Waals surface area contributed by atoms with Gasteiger partial charge in [-0.25, -0.2) is 13.1 Å². The van der Waals surface area contributed by atoms with Crippen molar-refractivity contribution < 1.29 is 13.2 Å². The van der Waals surface area contributed by atoms with Crippen molar-refractivity contribution in [2.45, 2.75) is 47.0 Å². The monoisotopic (exact) mass is 575 g/mol. The number of nitrogens with zero attached hydrogens (tertiary/aromatic N) is 4. The number of Topliss-reactive ketones (excluding diaryl/α,β-unsaturated/α-hetero) is 1. The van der Waals surface area contributed by atoms with Crippen LogP contribution in [0.3, 0.4) is 0 Å². The highest BCUT2D eigenvalue weighted by molar-refractivity contribution is 7.99. The van der Waals surface area contributed by atoms with Crippen LogP contribution in [0.2, 0.25) is 10.0 Å². The predicted molar refractivity (Wildman–Crippen MR) is 143 cm³/mol. The Morgan fingerprint density at radius 3 is 2.27 bits per heavy atom. The Bertz CT molecular complexity index is 1460. The molecule has 0 saturated carbocycles. The van der Waals surface area contributed by atoms with Gasteiger partial charge in [0, 0.05) is 26.3 Å². The first kappa shape index (κ1) is 27.3. The van der Waals surface area contributed by atoms with Gasteiger partial charge in [0.25, 0.3) is 0 Å². The lowest BCUT2D eigenvalue weighted by atomic mass is 10.1. The number of ketones is 1. The predicted octanol–water partition coefficient (Wildman–Crippen LogP) is 5.05. The van der Waals surface area contributed by atoms with Crippen molar-refractivity contribution in [3.8, 4) is 0 Å². The van der Waals surface area contributed by atoms with Gasteiger partial charge in [-0.1, -0.05) is 66.2 Å². The van der Waals surface area contributed by atoms with Crippen molar-refractivity contribution in [1.29, 1.82) is 0 Å². The Morgan fingerprint density at radius 2 is 1.62 bits per heavy atom. The van der Waals surface area contributed by atoms with Crippen LogP contribution in [0.25, 0.3) is 0 Å². The minimum atomic E-state index is -3.92. The lowest BCUT2D eigenvalue weighted by molar-refractivity contribution is -0.121. The fourth-order valence-corrected chi connectivity index (χ4v) is 6.14. The summed E-state index contributed by atoms with van der Waals surface area (Å²) in [5.74, 6) is -0.0491. The van der Waals surface area contributed by atoms with E-state index < -0.39 is 16.1 Å². The standard InChI is InChI=1S/C25H23Cl2N5O3S2/c1-2-23(24(33)16-32-29-25(28-31-32)15-20-21(26)9-6-10-22(20)27)30-37(34,35)19-13-11-18(12-14-19)36-17-7-4-3-5-8-17/h3-14,23,30H,2,15-16H2,1H3. The number of benzene rings is 3. The van der Waals surface area contributed by atoms with E-state index in [9.17, 15) is 13.2 Å². The molecule has 1 heterocycles. The van der Waals surface area contributed by atoms with Gasteiger partial charge in [0.05, 0.1) is 10.9 Å². The molecule has 37 heavy (non-hydrogen) atoms. The summed E-state index contributed by atoms with van der Waals surface area (Å²) < 4.78 is 28.4. The van der Waals surface area contributed by atoms with Crippen molar-refractivity contribution in [3.63, 3.8) is 0 Å². The number of aromatic nitrogens is 4. The van der Waals surface area contributed by atoms with E-state index in [0.29, 0.717) is 21.4 Å². The number of hydrogen-bond donors (Lipinski definition) is 1. The van der Waals surface area contributed by atoms with E-state index in [1.807, 2.05) is 30.3 Å². The first-order valence-corrected chi connectivity index (χ1v) is 14.4. The maximum atomic E-state index is 13.0. The van der Waals surface area contributed by atoms with Crippen LogP contribution in [-0.4, -0.2) is 40.5 Å². The molecule has 1 unspecified atom stereocenters. The van der Waals surface area contributed by atoms with E-state index in [4.69, 9.17) is 23.2 Å². The number of carbonyl (C=O) groups is 1. The summed E-state index contributed by atoms with van der Waals surface area (Å²) in [7, 11) is -3.92. The third-order valence-corrected chi connectivity index (χ3v) is 8.61. The molecule has 4 aromatic rings. The molecule has 4 rings (SSSR count). The maximum Gasteiger partial charge on any atom is 0.241 e. The average Bonchev–Trinajstić information content (AvgIpc) is 3.32. The Labute approximate surface area is 229 Å². The van der Waals surface area contributed by atoms with Gasteiger partial charge in [0.15, 0.2) is 11.6 Å². The van der Waals surface area contributed by atoms with Gasteiger partial charge in [0.2, 0.25) is 10.0 Å². The summed E-state index contributed by atoms with van der Waals surface area (Å²) in [5, 5.41) is 13.1. The number of nitrogens with one attached hydrogen (secondary N) is 1. The van der Waals surface area contributed by atoms with Crippen LogP contribution in [0, 0.1) is 0 Å². The summed E-state index contributed by atoms with van der Waals surface area (Å²) in [6.07, 6.45) is 0.506. The summed E-state index contributed by atoms with van der Waals surface area (Å²) in [6, 6.07) is 20.5. The number of carbonyl (C=O) groups excluding carboxylic acids is 1. The Morgan fingerprint density at radius 1 is 0.973 bits per heavy atom. The first-order valence-electron chi connectivity index (χ1n) is 11.3. The molecule has 1 N–H and O–H groups in total. The second kappa shape index (κ2) is 12.2. The second-order valence-electron chi connectivity index (χ2n) is 8.05. The number of rotatable bonds is 11. The topological polar surface area (TPSA) is 107 Å². The molecular formula is C25H23Cl2N5O3S2. The van der Waals surface area contributed by atoms with Gasteiger partial charge in [-0.05, 0) is 65.7 Å². The summed E-state index contributed by atoms with van der Waals surface area (Å²) >= 11 is 13.9. The molecule has 0 aliphatic heterocycles. The molecule has 0 radical (unpaired) electrons. The highest BCUT2D eigenvalue weighted by Crippen LogP contribution is 2.28. The minimum Gasteiger partial charge on any atom is -0.296 e. The zero-order valence-corrected chi connectivity index (χ0v) is 22.9. The van der Waals surface area contributed by atoms with E-state index in [-0.39, 0.29) is 30.1 Å². The van der Waals surface area contributed by atoms with E-state index in [0.717, 1.165) is 14.6 Å². The van der Waals surface area contributed by atoms with Gasteiger partial charge >= 0.3 is 0 Å². The van der Waals surface area contributed by atoms with E-state index >= 15 is 0 Å². The fraction of sp³-hybridized carbons (Fsp3) is 0.200. The average molecular weight is 577 g/mol. The summed E-state index contributed by atoms with van der Waals surface area (Å²) in [6.45, 7) is 1.49. The molecule has 0 fully saturated rings. The number of hydrogen-bond acceptors (Lipinski definition) is 7. The molecule has 0 amide bonds. The number of halogens is 2. The second-order valence-corrected chi connectivity index (χ2v) is 11.7. The molecule has 0 aliphatic carbocycles. The zero-order chi connectivity index (χ0) is 26.4. The van der Waals surface area contributed by atoms with Crippen LogP contribution in [0.5, 0.6) is 0 Å². The SMILES string of the molecule is CCC(NS(=O)(=O)c1ccc(Sc2ccccc2)cc1)C(=O)Cn1nnc(Cc2c(Cl)cccc2Cl)n1. The molecule has 1 atom stereocenters. The van der Waals surface area contributed by atoms with Gasteiger partial charge in [-0.2, -0.15) is 4.80 Å². The highest BCUT2D eigenvalue weighted by atomic mass is 35.5. The van der Waals surface area contributed by atoms with Crippen LogP contribution in [0.15, 0.2) is 87.5 Å². The maximum absolute atomic E-state index is 13.0. The van der Waals surface area contributed by atoms with E-state index in [1.165, 1.54) is 23.9 Å². The molecule has 12 heteroatoms. The molecule has 3 aromatic carbocycles. The molecule has 0 bridgehead atoms. The van der Waals surface area contributed by atoms with Crippen LogP contribution in [0.4, 0.5) is 0 Å². The molecule has 0 saturated heterocycles. The quantitative estimate of drug-likeness (QED) is 0.266. The van der Waals surface area contributed by atoms with Crippen LogP contribution in [-0.2, 0) is 27.8 Å². The van der Waals surface area contributed by atoms with E-state index in [1.54, 1.807) is 37.3 Å². The van der Waals surface area contributed by atoms with Crippen molar-refractivity contribution in [3.05, 3.63) is 94.2 Å². The van der Waals surface area contributed by atoms with Gasteiger partial charge < -0.3 is 0 Å². The first-order chi connectivity index (χ1) is 17.7. The van der Waals surface area contributed by atoms with Crippen molar-refractivity contribution in [2.24, 2.45) is 0 Å². The lowest BCUT2D eigenvalue weighted by Crippen LogP contribution is -2.42. The summed E-state index contributed by atoms with van der Waals surface area (Å²) in [4.78, 5) is 16.0. The molecule has 0 spiro atoms. The highest BCUT2D eigenvalue weighted by Gasteiger charge is 2.25. The Hall–Kier alpha value is -2.76. The van der Waals surface area contributed by atoms with Crippen molar-refractivity contribution in [2.75, 3.05) is 0 Å². The Kier molecular flexibility index (Phi) is 8.99. The Balaban J connectivity index is 1.39. The third kappa shape index (κ3) is 7.18. The lowest BCUT2D eigenvalue weighted by Gasteiger charge is -2.16. The fourth-order valence-electron chi connectivity index (χ4n) is 3.47. The molecule has 1 aromatic heterocycles. The minimum absolute atomic E-state index is 0.0777. The van der Waals surface area contributed by atoms with Crippen molar-refractivity contribution in [1.82, 2.24) is 24.9 Å². The largest absolute Gasteiger partial charge is 0.296 e. The van der Waals surface area contributed by atoms with Gasteiger partial charge in [-0.15, -0.1) is 10.2 Å². The van der Waals surface area contributed by atoms with Crippen molar-refractivity contribution >= 4 is 50.8 Å². The zero-order valence-electron chi connectivity index (χ0n) is 19.7. The van der Waals surface area contributed by atoms with Gasteiger partial charge in [-0.3, -0.25) is 4.79 Å². The van der Waals surface area contributed by atoms with Crippen LogP contribution in [0.1, 0.15) is 24.7 Å². The molecular weight excluding hydrogens is 553 g/mol. The molecule has 192 valence electrons. The van der Waals surface area contributed by atoms with E-state index in [2.05, 4.69) is 20.1 Å². The van der Waals surface area contributed by atoms with Gasteiger partial charge in [0.1, 0.15) is 6.54 Å². The number of tetrazole rings is 1. The molecule has 8 nitrogen and oxygen atoms in total. The van der Waals surface area contributed by atoms with Crippen LogP contribution >= 0.6 is 35.0 Å². The number of sulfonamides is 1. The smallest absolute Gasteiger partial charge is 0.241 e. The third-order valence-electron chi connectivity index (χ3n) is 5.40. The van der Waals surface area contributed by atoms with Crippen LogP contribution < -0.4 is 4.72 Å². The summed E-state index contributed by atoms with van der Waals surface area (Å²) in [5.41, 5.74) is 0.657. The molecule has 0 aliphatic rings.